The highest BCUT2D eigenvalue weighted by Gasteiger charge is 2.08. The van der Waals surface area contributed by atoms with Crippen molar-refractivity contribution in [2.24, 2.45) is 0 Å². The summed E-state index contributed by atoms with van der Waals surface area (Å²) in [5.74, 6) is -0.477. The van der Waals surface area contributed by atoms with Crippen molar-refractivity contribution in [2.75, 3.05) is 18.9 Å². The molecule has 3 aromatic carbocycles. The highest BCUT2D eigenvalue weighted by atomic mass is 32.2. The molecule has 3 rings (SSSR count). The maximum atomic E-state index is 11.9. The molecule has 0 fully saturated rings. The molecule has 1 N–H and O–H groups in total. The van der Waals surface area contributed by atoms with Gasteiger partial charge in [0.05, 0.1) is 5.75 Å². The number of rotatable bonds is 9. The van der Waals surface area contributed by atoms with Crippen LogP contribution in [0.3, 0.4) is 0 Å². The Hall–Kier alpha value is -2.79. The van der Waals surface area contributed by atoms with E-state index in [2.05, 4.69) is 23.5 Å². The lowest BCUT2D eigenvalue weighted by molar-refractivity contribution is -0.145. The third-order valence-corrected chi connectivity index (χ3v) is 5.22. The number of fused-ring (bicyclic) bond motifs is 1. The maximum absolute atomic E-state index is 11.9. The van der Waals surface area contributed by atoms with E-state index in [1.165, 1.54) is 22.7 Å². The summed E-state index contributed by atoms with van der Waals surface area (Å²) in [6.45, 7) is 0.333. The Bertz CT molecular complexity index is 927. The van der Waals surface area contributed by atoms with Crippen molar-refractivity contribution in [3.8, 4) is 0 Å². The number of hydrogen-bond acceptors (Lipinski definition) is 4. The third kappa shape index (κ3) is 6.43. The van der Waals surface area contributed by atoms with Crippen molar-refractivity contribution in [3.63, 3.8) is 0 Å². The summed E-state index contributed by atoms with van der Waals surface area (Å²) in [7, 11) is 0. The molecule has 3 aromatic rings. The lowest BCUT2D eigenvalue weighted by Crippen LogP contribution is -2.30. The molecule has 0 aliphatic rings. The van der Waals surface area contributed by atoms with Crippen LogP contribution in [-0.2, 0) is 20.7 Å². The van der Waals surface area contributed by atoms with Gasteiger partial charge in [0, 0.05) is 11.4 Å². The monoisotopic (exact) mass is 393 g/mol. The lowest BCUT2D eigenvalue weighted by Gasteiger charge is -2.07. The molecule has 0 saturated heterocycles. The van der Waals surface area contributed by atoms with Crippen LogP contribution in [0, 0.1) is 0 Å². The van der Waals surface area contributed by atoms with Crippen molar-refractivity contribution in [3.05, 3.63) is 78.4 Å². The fraction of sp³-hybridized carbons (Fsp3) is 0.217. The first-order valence-electron chi connectivity index (χ1n) is 9.28. The molecule has 0 aliphatic heterocycles. The van der Waals surface area contributed by atoms with Crippen molar-refractivity contribution in [1.82, 2.24) is 5.32 Å². The number of aryl methyl sites for hydroxylation is 1. The second kappa shape index (κ2) is 10.5. The highest BCUT2D eigenvalue weighted by molar-refractivity contribution is 8.00. The van der Waals surface area contributed by atoms with Crippen LogP contribution in [0.2, 0.25) is 0 Å². The minimum absolute atomic E-state index is 0.180. The summed E-state index contributed by atoms with van der Waals surface area (Å²) in [6, 6.07) is 24.3. The summed E-state index contributed by atoms with van der Waals surface area (Å²) in [5, 5.41) is 5.08. The van der Waals surface area contributed by atoms with Crippen molar-refractivity contribution in [1.29, 1.82) is 0 Å². The highest BCUT2D eigenvalue weighted by Crippen LogP contribution is 2.23. The quantitative estimate of drug-likeness (QED) is 0.336. The topological polar surface area (TPSA) is 55.4 Å². The summed E-state index contributed by atoms with van der Waals surface area (Å²) < 4.78 is 5.06. The van der Waals surface area contributed by atoms with Gasteiger partial charge in [-0.2, -0.15) is 0 Å². The van der Waals surface area contributed by atoms with Crippen LogP contribution in [0.15, 0.2) is 77.7 Å². The minimum Gasteiger partial charge on any atom is -0.455 e. The summed E-state index contributed by atoms with van der Waals surface area (Å²) in [6.07, 6.45) is 1.75. The van der Waals surface area contributed by atoms with E-state index >= 15 is 0 Å². The molecule has 0 spiro atoms. The SMILES string of the molecule is O=C(COC(=O)CSc1ccc2ccccc2c1)NCCCc1ccccc1. The summed E-state index contributed by atoms with van der Waals surface area (Å²) in [4.78, 5) is 24.7. The smallest absolute Gasteiger partial charge is 0.316 e. The molecule has 144 valence electrons. The molecule has 0 aliphatic carbocycles. The van der Waals surface area contributed by atoms with Gasteiger partial charge in [0.2, 0.25) is 0 Å². The zero-order chi connectivity index (χ0) is 19.6. The predicted octanol–water partition coefficient (Wildman–Crippen LogP) is 4.22. The van der Waals surface area contributed by atoms with E-state index in [0.29, 0.717) is 6.54 Å². The second-order valence-electron chi connectivity index (χ2n) is 6.40. The third-order valence-electron chi connectivity index (χ3n) is 4.25. The van der Waals surface area contributed by atoms with E-state index in [4.69, 9.17) is 4.74 Å². The van der Waals surface area contributed by atoms with Gasteiger partial charge in [-0.1, -0.05) is 60.7 Å². The minimum atomic E-state index is -0.391. The largest absolute Gasteiger partial charge is 0.455 e. The van der Waals surface area contributed by atoms with Gasteiger partial charge in [0.15, 0.2) is 6.61 Å². The molecule has 0 saturated carbocycles. The number of carbonyl (C=O) groups excluding carboxylic acids is 2. The molecule has 0 unspecified atom stereocenters. The zero-order valence-electron chi connectivity index (χ0n) is 15.6. The van der Waals surface area contributed by atoms with Crippen LogP contribution in [-0.4, -0.2) is 30.8 Å². The Morgan fingerprint density at radius 2 is 1.64 bits per heavy atom. The van der Waals surface area contributed by atoms with Gasteiger partial charge in [-0.05, 0) is 41.3 Å². The number of hydrogen-bond donors (Lipinski definition) is 1. The average molecular weight is 394 g/mol. The molecule has 0 aromatic heterocycles. The normalized spacial score (nSPS) is 10.6. The van der Waals surface area contributed by atoms with Crippen molar-refractivity contribution < 1.29 is 14.3 Å². The van der Waals surface area contributed by atoms with Gasteiger partial charge in [-0.25, -0.2) is 0 Å². The molecule has 4 nitrogen and oxygen atoms in total. The standard InChI is InChI=1S/C23H23NO3S/c25-22(24-14-6-9-18-7-2-1-3-8-18)16-27-23(26)17-28-21-13-12-19-10-4-5-11-20(19)15-21/h1-5,7-8,10-13,15H,6,9,14,16-17H2,(H,24,25). The lowest BCUT2D eigenvalue weighted by atomic mass is 10.1. The van der Waals surface area contributed by atoms with Gasteiger partial charge in [0.1, 0.15) is 0 Å². The van der Waals surface area contributed by atoms with Gasteiger partial charge in [-0.3, -0.25) is 9.59 Å². The van der Waals surface area contributed by atoms with E-state index in [1.54, 1.807) is 0 Å². The fourth-order valence-corrected chi connectivity index (χ4v) is 3.55. The number of nitrogens with one attached hydrogen (secondary N) is 1. The predicted molar refractivity (Wildman–Crippen MR) is 113 cm³/mol. The molecular weight excluding hydrogens is 370 g/mol. The first kappa shape index (κ1) is 20.0. The van der Waals surface area contributed by atoms with Gasteiger partial charge >= 0.3 is 5.97 Å². The second-order valence-corrected chi connectivity index (χ2v) is 7.45. The molecule has 0 heterocycles. The summed E-state index contributed by atoms with van der Waals surface area (Å²) in [5.41, 5.74) is 1.24. The van der Waals surface area contributed by atoms with Gasteiger partial charge in [-0.15, -0.1) is 11.8 Å². The Balaban J connectivity index is 1.31. The molecule has 5 heteroatoms. The molecular formula is C23H23NO3S. The van der Waals surface area contributed by atoms with E-state index in [0.717, 1.165) is 23.1 Å². The van der Waals surface area contributed by atoms with E-state index in [1.807, 2.05) is 54.6 Å². The molecule has 0 atom stereocenters. The van der Waals surface area contributed by atoms with Crippen molar-refractivity contribution in [2.45, 2.75) is 17.7 Å². The fourth-order valence-electron chi connectivity index (χ4n) is 2.80. The van der Waals surface area contributed by atoms with E-state index in [9.17, 15) is 9.59 Å². The maximum Gasteiger partial charge on any atom is 0.316 e. The number of benzene rings is 3. The Labute approximate surface area is 169 Å². The number of ether oxygens (including phenoxy) is 1. The number of carbonyl (C=O) groups is 2. The first-order chi connectivity index (χ1) is 13.7. The molecule has 28 heavy (non-hydrogen) atoms. The Morgan fingerprint density at radius 3 is 2.46 bits per heavy atom. The number of amides is 1. The van der Waals surface area contributed by atoms with Crippen LogP contribution in [0.25, 0.3) is 10.8 Å². The van der Waals surface area contributed by atoms with Crippen molar-refractivity contribution >= 4 is 34.4 Å². The van der Waals surface area contributed by atoms with Crippen LogP contribution >= 0.6 is 11.8 Å². The molecule has 0 bridgehead atoms. The molecule has 1 amide bonds. The zero-order valence-corrected chi connectivity index (χ0v) is 16.4. The Kier molecular flexibility index (Phi) is 7.50. The Morgan fingerprint density at radius 1 is 0.893 bits per heavy atom. The summed E-state index contributed by atoms with van der Waals surface area (Å²) >= 11 is 1.41. The number of thioether (sulfide) groups is 1. The van der Waals surface area contributed by atoms with E-state index in [-0.39, 0.29) is 18.3 Å². The van der Waals surface area contributed by atoms with Gasteiger partial charge < -0.3 is 10.1 Å². The average Bonchev–Trinajstić information content (AvgIpc) is 2.74. The molecule has 0 radical (unpaired) electrons. The number of esters is 1. The van der Waals surface area contributed by atoms with Gasteiger partial charge in [0.25, 0.3) is 5.91 Å². The van der Waals surface area contributed by atoms with Crippen LogP contribution < -0.4 is 5.32 Å². The first-order valence-corrected chi connectivity index (χ1v) is 10.3. The van der Waals surface area contributed by atoms with Crippen LogP contribution in [0.5, 0.6) is 0 Å². The van der Waals surface area contributed by atoms with E-state index < -0.39 is 5.97 Å². The van der Waals surface area contributed by atoms with Crippen LogP contribution in [0.4, 0.5) is 0 Å². The van der Waals surface area contributed by atoms with Crippen LogP contribution in [0.1, 0.15) is 12.0 Å².